The van der Waals surface area contributed by atoms with Gasteiger partial charge in [-0.25, -0.2) is 0 Å². The second-order valence-corrected chi connectivity index (χ2v) is 11.6. The summed E-state index contributed by atoms with van der Waals surface area (Å²) in [6.07, 6.45) is -12.0. The molecule has 0 aliphatic carbocycles. The molecule has 9 N–H and O–H groups in total. The lowest BCUT2D eigenvalue weighted by Gasteiger charge is -2.46. The summed E-state index contributed by atoms with van der Waals surface area (Å²) in [5, 5.41) is 85.0. The Bertz CT molecular complexity index is 841. The number of amides is 1. The van der Waals surface area contributed by atoms with Crippen molar-refractivity contribution in [3.8, 4) is 0 Å². The lowest BCUT2D eigenvalue weighted by atomic mass is 9.96. The van der Waals surface area contributed by atoms with E-state index in [0.717, 1.165) is 38.5 Å². The molecule has 16 nitrogen and oxygen atoms in total. The first-order chi connectivity index (χ1) is 21.0. The van der Waals surface area contributed by atoms with Gasteiger partial charge >= 0.3 is 0 Å². The molecule has 0 bridgehead atoms. The molecule has 0 spiro atoms. The Morgan fingerprint density at radius 1 is 0.750 bits per heavy atom. The molecule has 3 aliphatic heterocycles. The van der Waals surface area contributed by atoms with Crippen molar-refractivity contribution in [3.63, 3.8) is 0 Å². The lowest BCUT2D eigenvalue weighted by Crippen LogP contribution is -2.66. The fourth-order valence-corrected chi connectivity index (χ4v) is 5.52. The van der Waals surface area contributed by atoms with Gasteiger partial charge in [0.1, 0.15) is 54.9 Å². The van der Waals surface area contributed by atoms with Crippen molar-refractivity contribution >= 4 is 5.91 Å². The van der Waals surface area contributed by atoms with Crippen molar-refractivity contribution in [1.82, 2.24) is 5.32 Å². The minimum atomic E-state index is -1.61. The van der Waals surface area contributed by atoms with E-state index in [4.69, 9.17) is 28.4 Å². The molecule has 0 aromatic carbocycles. The van der Waals surface area contributed by atoms with Crippen molar-refractivity contribution in [2.24, 2.45) is 0 Å². The van der Waals surface area contributed by atoms with Crippen LogP contribution in [0.4, 0.5) is 0 Å². The van der Waals surface area contributed by atoms with Crippen molar-refractivity contribution in [1.29, 1.82) is 0 Å². The number of carbonyl (C=O) groups excluding carboxylic acids is 1. The van der Waals surface area contributed by atoms with Crippen LogP contribution >= 0.6 is 0 Å². The van der Waals surface area contributed by atoms with Crippen molar-refractivity contribution < 1.29 is 74.1 Å². The zero-order chi connectivity index (χ0) is 32.4. The number of ether oxygens (including phenoxy) is 6. The fraction of sp³-hybridized carbons (Fsp3) is 0.964. The SMILES string of the molecule is CCCCCCCCO[C@@H]1O[C@H](CO[C@H]2O[C@H](CO)C[C@H](O)[C@@H]2O[C@@H]2O[C@H](CO)[C@@H](O)[C@H](O)[C@H]2NC(C)=O)[C@@H](O)[C@H](O)[C@H]1O. The average molecular weight is 642 g/mol. The molecule has 3 rings (SSSR count). The van der Waals surface area contributed by atoms with E-state index in [1.807, 2.05) is 0 Å². The van der Waals surface area contributed by atoms with Crippen LogP contribution in [0.5, 0.6) is 0 Å². The molecule has 0 aromatic heterocycles. The van der Waals surface area contributed by atoms with E-state index in [1.165, 1.54) is 6.92 Å². The van der Waals surface area contributed by atoms with Crippen LogP contribution in [-0.2, 0) is 33.2 Å². The Balaban J connectivity index is 1.67. The largest absolute Gasteiger partial charge is 0.394 e. The van der Waals surface area contributed by atoms with Crippen LogP contribution in [0.1, 0.15) is 58.8 Å². The molecule has 0 radical (unpaired) electrons. The van der Waals surface area contributed by atoms with Gasteiger partial charge in [0.25, 0.3) is 0 Å². The number of nitrogens with one attached hydrogen (secondary N) is 1. The van der Waals surface area contributed by atoms with E-state index in [1.54, 1.807) is 0 Å². The molecule has 1 amide bonds. The van der Waals surface area contributed by atoms with E-state index in [-0.39, 0.29) is 13.0 Å². The van der Waals surface area contributed by atoms with Crippen LogP contribution in [0, 0.1) is 0 Å². The van der Waals surface area contributed by atoms with Gasteiger partial charge in [0.05, 0.1) is 32.0 Å². The van der Waals surface area contributed by atoms with Crippen LogP contribution in [-0.4, -0.2) is 159 Å². The predicted octanol–water partition coefficient (Wildman–Crippen LogP) is -3.02. The first-order valence-corrected chi connectivity index (χ1v) is 15.4. The quantitative estimate of drug-likeness (QED) is 0.0762. The normalized spacial score (nSPS) is 41.4. The highest BCUT2D eigenvalue weighted by Gasteiger charge is 2.50. The Morgan fingerprint density at radius 3 is 2.07 bits per heavy atom. The van der Waals surface area contributed by atoms with Gasteiger partial charge in [-0.15, -0.1) is 0 Å². The smallest absolute Gasteiger partial charge is 0.217 e. The summed E-state index contributed by atoms with van der Waals surface area (Å²) in [6.45, 7) is 1.98. The minimum Gasteiger partial charge on any atom is -0.394 e. The molecular formula is C28H51NO15. The number of carbonyl (C=O) groups is 1. The molecule has 0 aromatic rings. The Kier molecular flexibility index (Phi) is 15.5. The average Bonchev–Trinajstić information content (AvgIpc) is 3.00. The fourth-order valence-electron chi connectivity index (χ4n) is 5.52. The first kappa shape index (κ1) is 37.4. The number of unbranched alkanes of at least 4 members (excludes halogenated alkanes) is 5. The van der Waals surface area contributed by atoms with Crippen LogP contribution in [0.2, 0.25) is 0 Å². The maximum absolute atomic E-state index is 11.8. The maximum Gasteiger partial charge on any atom is 0.217 e. The van der Waals surface area contributed by atoms with Crippen molar-refractivity contribution in [3.05, 3.63) is 0 Å². The molecule has 0 unspecified atom stereocenters. The molecule has 16 heteroatoms. The van der Waals surface area contributed by atoms with Gasteiger partial charge in [-0.3, -0.25) is 4.79 Å². The molecule has 14 atom stereocenters. The maximum atomic E-state index is 11.8. The highest BCUT2D eigenvalue weighted by atomic mass is 16.8. The van der Waals surface area contributed by atoms with E-state index in [2.05, 4.69) is 12.2 Å². The standard InChI is InChI=1S/C28H51NO15/c1-3-4-5-6-7-8-9-39-27-24(38)23(37)21(35)18(43-27)13-40-28-25(16(33)10-15(11-30)41-28)44-26-19(29-14(2)32)22(36)20(34)17(12-31)42-26/h15-28,30-31,33-38H,3-13H2,1-2H3,(H,29,32)/t15-,16-,17+,18+,19+,20+,21+,22+,23-,24+,25-,26-,27+,28-/m0/s1. The summed E-state index contributed by atoms with van der Waals surface area (Å²) >= 11 is 0. The number of aliphatic hydroxyl groups excluding tert-OH is 8. The number of hydrogen-bond acceptors (Lipinski definition) is 15. The van der Waals surface area contributed by atoms with Crippen LogP contribution in [0.3, 0.4) is 0 Å². The minimum absolute atomic E-state index is 0.0883. The molecule has 3 saturated heterocycles. The van der Waals surface area contributed by atoms with E-state index < -0.39 is 112 Å². The zero-order valence-corrected chi connectivity index (χ0v) is 25.3. The lowest BCUT2D eigenvalue weighted by molar-refractivity contribution is -0.351. The molecule has 0 saturated carbocycles. The third kappa shape index (κ3) is 9.95. The van der Waals surface area contributed by atoms with Gasteiger partial charge in [0.15, 0.2) is 18.9 Å². The monoisotopic (exact) mass is 641 g/mol. The van der Waals surface area contributed by atoms with E-state index in [9.17, 15) is 45.6 Å². The first-order valence-electron chi connectivity index (χ1n) is 15.4. The van der Waals surface area contributed by atoms with Gasteiger partial charge in [0, 0.05) is 20.0 Å². The number of rotatable bonds is 16. The number of aliphatic hydroxyl groups is 8. The van der Waals surface area contributed by atoms with Gasteiger partial charge in [-0.1, -0.05) is 39.0 Å². The molecule has 44 heavy (non-hydrogen) atoms. The van der Waals surface area contributed by atoms with Crippen LogP contribution in [0.15, 0.2) is 0 Å². The summed E-state index contributed by atoms with van der Waals surface area (Å²) in [6, 6.07) is -1.31. The van der Waals surface area contributed by atoms with Crippen molar-refractivity contribution in [2.75, 3.05) is 26.4 Å². The second kappa shape index (κ2) is 18.3. The van der Waals surface area contributed by atoms with Gasteiger partial charge in [-0.05, 0) is 6.42 Å². The summed E-state index contributed by atoms with van der Waals surface area (Å²) in [5.41, 5.74) is 0. The Labute approximate surface area is 256 Å². The zero-order valence-electron chi connectivity index (χ0n) is 25.3. The third-order valence-corrected chi connectivity index (χ3v) is 8.10. The highest BCUT2D eigenvalue weighted by molar-refractivity contribution is 5.73. The van der Waals surface area contributed by atoms with Gasteiger partial charge in [0.2, 0.25) is 5.91 Å². The van der Waals surface area contributed by atoms with E-state index in [0.29, 0.717) is 0 Å². The number of hydrogen-bond donors (Lipinski definition) is 9. The van der Waals surface area contributed by atoms with Gasteiger partial charge in [-0.2, -0.15) is 0 Å². The highest BCUT2D eigenvalue weighted by Crippen LogP contribution is 2.31. The second-order valence-electron chi connectivity index (χ2n) is 11.6. The van der Waals surface area contributed by atoms with Crippen molar-refractivity contribution in [2.45, 2.75) is 145 Å². The Hall–Kier alpha value is -1.09. The Morgan fingerprint density at radius 2 is 1.41 bits per heavy atom. The third-order valence-electron chi connectivity index (χ3n) is 8.10. The summed E-state index contributed by atoms with van der Waals surface area (Å²) < 4.78 is 34.5. The topological polar surface area (TPSA) is 246 Å². The molecule has 3 fully saturated rings. The molecule has 3 aliphatic rings. The summed E-state index contributed by atoms with van der Waals surface area (Å²) in [7, 11) is 0. The van der Waals surface area contributed by atoms with E-state index >= 15 is 0 Å². The summed E-state index contributed by atoms with van der Waals surface area (Å²) in [4.78, 5) is 11.8. The molecule has 3 heterocycles. The van der Waals surface area contributed by atoms with Gasteiger partial charge < -0.3 is 74.6 Å². The molecular weight excluding hydrogens is 590 g/mol. The van der Waals surface area contributed by atoms with Crippen LogP contribution in [0.25, 0.3) is 0 Å². The summed E-state index contributed by atoms with van der Waals surface area (Å²) in [5.74, 6) is -0.577. The molecule has 258 valence electrons. The predicted molar refractivity (Wildman–Crippen MR) is 149 cm³/mol. The van der Waals surface area contributed by atoms with Crippen LogP contribution < -0.4 is 5.32 Å².